The summed E-state index contributed by atoms with van der Waals surface area (Å²) < 4.78 is 6.03. The van der Waals surface area contributed by atoms with Gasteiger partial charge in [-0.1, -0.05) is 35.9 Å². The number of aromatic carboxylic acids is 1. The van der Waals surface area contributed by atoms with Gasteiger partial charge in [0.05, 0.1) is 10.6 Å². The van der Waals surface area contributed by atoms with Crippen LogP contribution >= 0.6 is 11.6 Å². The summed E-state index contributed by atoms with van der Waals surface area (Å²) in [6, 6.07) is 18.7. The van der Waals surface area contributed by atoms with Crippen LogP contribution in [0.15, 0.2) is 60.7 Å². The van der Waals surface area contributed by atoms with Crippen LogP contribution < -0.4 is 4.74 Å². The predicted octanol–water partition coefficient (Wildman–Crippen LogP) is 6.04. The summed E-state index contributed by atoms with van der Waals surface area (Å²) in [6.07, 6.45) is 2.42. The minimum Gasteiger partial charge on any atom is -0.489 e. The van der Waals surface area contributed by atoms with E-state index in [4.69, 9.17) is 16.3 Å². The number of benzene rings is 3. The van der Waals surface area contributed by atoms with Crippen molar-refractivity contribution >= 4 is 23.5 Å². The van der Waals surface area contributed by atoms with Crippen molar-refractivity contribution in [1.82, 2.24) is 4.90 Å². The van der Waals surface area contributed by atoms with Crippen LogP contribution in [0.3, 0.4) is 0 Å². The molecular formula is C27H24ClNO4. The number of fused-ring (bicyclic) bond motifs is 1. The van der Waals surface area contributed by atoms with Crippen molar-refractivity contribution in [2.75, 3.05) is 0 Å². The van der Waals surface area contributed by atoms with Crippen LogP contribution in [-0.2, 0) is 13.2 Å². The fraction of sp³-hybridized carbons (Fsp3) is 0.259. The van der Waals surface area contributed by atoms with Crippen molar-refractivity contribution in [1.29, 1.82) is 0 Å². The highest BCUT2D eigenvalue weighted by Gasteiger charge is 2.38. The molecule has 1 atom stereocenters. The highest BCUT2D eigenvalue weighted by Crippen LogP contribution is 2.39. The molecule has 0 spiro atoms. The molecule has 1 fully saturated rings. The van der Waals surface area contributed by atoms with Crippen LogP contribution in [0, 0.1) is 5.92 Å². The predicted molar refractivity (Wildman–Crippen MR) is 127 cm³/mol. The molecule has 2 aliphatic rings. The number of nitrogens with zero attached hydrogens (tertiary/aromatic N) is 1. The lowest BCUT2D eigenvalue weighted by Gasteiger charge is -2.23. The van der Waals surface area contributed by atoms with E-state index in [1.54, 1.807) is 18.2 Å². The highest BCUT2D eigenvalue weighted by atomic mass is 35.5. The summed E-state index contributed by atoms with van der Waals surface area (Å²) in [5, 5.41) is 9.55. The van der Waals surface area contributed by atoms with Crippen molar-refractivity contribution in [3.05, 3.63) is 87.9 Å². The molecule has 0 saturated heterocycles. The Bertz CT molecular complexity index is 1250. The molecule has 1 heterocycles. The maximum atomic E-state index is 12.8. The molecule has 0 aromatic heterocycles. The molecule has 5 rings (SSSR count). The Balaban J connectivity index is 1.29. The minimum absolute atomic E-state index is 0.0774. The zero-order valence-corrected chi connectivity index (χ0v) is 19.0. The molecule has 0 radical (unpaired) electrons. The Labute approximate surface area is 197 Å². The smallest absolute Gasteiger partial charge is 0.337 e. The molecular weight excluding hydrogens is 438 g/mol. The Morgan fingerprint density at radius 1 is 1.12 bits per heavy atom. The zero-order valence-electron chi connectivity index (χ0n) is 18.3. The maximum absolute atomic E-state index is 12.8. The van der Waals surface area contributed by atoms with Crippen molar-refractivity contribution in [3.63, 3.8) is 0 Å². The molecule has 3 aromatic carbocycles. The molecule has 1 saturated carbocycles. The topological polar surface area (TPSA) is 66.8 Å². The van der Waals surface area contributed by atoms with E-state index in [-0.39, 0.29) is 22.5 Å². The van der Waals surface area contributed by atoms with Gasteiger partial charge in [-0.05, 0) is 84.3 Å². The number of carboxylic acid groups (broad SMARTS) is 1. The second kappa shape index (κ2) is 8.56. The Morgan fingerprint density at radius 3 is 2.67 bits per heavy atom. The lowest BCUT2D eigenvalue weighted by Crippen LogP contribution is -2.34. The molecule has 6 heteroatoms. The SMILES string of the molecule is C[C@@H](C1CC1)N1Cc2cc(OCc3cccc(-c4ccc(Cl)c(C(=O)O)c4)c3)ccc2C1=O. The first-order valence-electron chi connectivity index (χ1n) is 11.1. The van der Waals surface area contributed by atoms with Gasteiger partial charge < -0.3 is 14.7 Å². The van der Waals surface area contributed by atoms with E-state index in [0.29, 0.717) is 19.1 Å². The Morgan fingerprint density at radius 2 is 1.91 bits per heavy atom. The van der Waals surface area contributed by atoms with Gasteiger partial charge in [-0.3, -0.25) is 4.79 Å². The van der Waals surface area contributed by atoms with E-state index in [0.717, 1.165) is 33.6 Å². The van der Waals surface area contributed by atoms with E-state index in [1.807, 2.05) is 47.4 Å². The van der Waals surface area contributed by atoms with Crippen molar-refractivity contribution < 1.29 is 19.4 Å². The number of halogens is 1. The first-order chi connectivity index (χ1) is 15.9. The Kier molecular flexibility index (Phi) is 5.59. The van der Waals surface area contributed by atoms with Gasteiger partial charge in [-0.25, -0.2) is 4.79 Å². The first kappa shape index (κ1) is 21.5. The normalized spacial score (nSPS) is 15.9. The molecule has 1 amide bonds. The lowest BCUT2D eigenvalue weighted by molar-refractivity contribution is 0.0688. The van der Waals surface area contributed by atoms with Gasteiger partial charge in [0.2, 0.25) is 0 Å². The van der Waals surface area contributed by atoms with Crippen LogP contribution in [-0.4, -0.2) is 27.9 Å². The molecule has 5 nitrogen and oxygen atoms in total. The van der Waals surface area contributed by atoms with E-state index < -0.39 is 5.97 Å². The van der Waals surface area contributed by atoms with E-state index in [2.05, 4.69) is 6.92 Å². The van der Waals surface area contributed by atoms with Gasteiger partial charge in [0, 0.05) is 18.2 Å². The average Bonchev–Trinajstić information content (AvgIpc) is 3.61. The van der Waals surface area contributed by atoms with E-state index >= 15 is 0 Å². The number of rotatable bonds is 7. The summed E-state index contributed by atoms with van der Waals surface area (Å²) in [5.74, 6) is 0.430. The number of carbonyl (C=O) groups is 2. The van der Waals surface area contributed by atoms with Gasteiger partial charge >= 0.3 is 5.97 Å². The summed E-state index contributed by atoms with van der Waals surface area (Å²) in [6.45, 7) is 3.15. The molecule has 33 heavy (non-hydrogen) atoms. The summed E-state index contributed by atoms with van der Waals surface area (Å²) in [5.41, 5.74) is 4.49. The second-order valence-electron chi connectivity index (χ2n) is 8.82. The summed E-state index contributed by atoms with van der Waals surface area (Å²) >= 11 is 6.00. The van der Waals surface area contributed by atoms with Gasteiger partial charge in [0.1, 0.15) is 12.4 Å². The first-order valence-corrected chi connectivity index (χ1v) is 11.5. The molecule has 168 valence electrons. The molecule has 1 aliphatic heterocycles. The summed E-state index contributed by atoms with van der Waals surface area (Å²) in [4.78, 5) is 26.1. The second-order valence-corrected chi connectivity index (χ2v) is 9.23. The fourth-order valence-corrected chi connectivity index (χ4v) is 4.65. The third kappa shape index (κ3) is 4.33. The lowest BCUT2D eigenvalue weighted by atomic mass is 10.0. The van der Waals surface area contributed by atoms with Gasteiger partial charge in [-0.15, -0.1) is 0 Å². The van der Waals surface area contributed by atoms with E-state index in [9.17, 15) is 14.7 Å². The molecule has 0 unspecified atom stereocenters. The number of amides is 1. The largest absolute Gasteiger partial charge is 0.489 e. The van der Waals surface area contributed by atoms with Crippen molar-refractivity contribution in [2.24, 2.45) is 5.92 Å². The standard InChI is InChI=1S/C27H24ClNO4/c1-16(18-5-6-18)29-14-21-12-22(8-9-23(21)26(29)30)33-15-17-3-2-4-19(11-17)20-7-10-25(28)24(13-20)27(31)32/h2-4,7-13,16,18H,5-6,14-15H2,1H3,(H,31,32)/t16-/m0/s1. The van der Waals surface area contributed by atoms with Crippen molar-refractivity contribution in [3.8, 4) is 16.9 Å². The third-order valence-corrected chi connectivity index (χ3v) is 6.90. The zero-order chi connectivity index (χ0) is 23.1. The number of carbonyl (C=O) groups excluding carboxylic acids is 1. The fourth-order valence-electron chi connectivity index (χ4n) is 4.45. The van der Waals surface area contributed by atoms with Gasteiger partial charge in [0.25, 0.3) is 5.91 Å². The van der Waals surface area contributed by atoms with Crippen LogP contribution in [0.25, 0.3) is 11.1 Å². The molecule has 3 aromatic rings. The number of ether oxygens (including phenoxy) is 1. The van der Waals surface area contributed by atoms with Crippen molar-refractivity contribution in [2.45, 2.75) is 39.0 Å². The number of hydrogen-bond donors (Lipinski definition) is 1. The van der Waals surface area contributed by atoms with E-state index in [1.165, 1.54) is 12.8 Å². The molecule has 1 N–H and O–H groups in total. The van der Waals surface area contributed by atoms with Crippen LogP contribution in [0.5, 0.6) is 5.75 Å². The third-order valence-electron chi connectivity index (χ3n) is 6.57. The number of hydrogen-bond acceptors (Lipinski definition) is 3. The molecule has 1 aliphatic carbocycles. The number of carboxylic acids is 1. The summed E-state index contributed by atoms with van der Waals surface area (Å²) in [7, 11) is 0. The van der Waals surface area contributed by atoms with Crippen LogP contribution in [0.1, 0.15) is 51.6 Å². The van der Waals surface area contributed by atoms with Crippen LogP contribution in [0.2, 0.25) is 5.02 Å². The monoisotopic (exact) mass is 461 g/mol. The van der Waals surface area contributed by atoms with Gasteiger partial charge in [-0.2, -0.15) is 0 Å². The van der Waals surface area contributed by atoms with Gasteiger partial charge in [0.15, 0.2) is 0 Å². The Hall–Kier alpha value is -3.31. The van der Waals surface area contributed by atoms with Crippen LogP contribution in [0.4, 0.5) is 0 Å². The maximum Gasteiger partial charge on any atom is 0.337 e. The average molecular weight is 462 g/mol. The molecule has 0 bridgehead atoms. The minimum atomic E-state index is -1.05. The highest BCUT2D eigenvalue weighted by molar-refractivity contribution is 6.33. The quantitative estimate of drug-likeness (QED) is 0.466.